The van der Waals surface area contributed by atoms with Gasteiger partial charge in [0.05, 0.1) is 17.0 Å². The first-order chi connectivity index (χ1) is 16.9. The Bertz CT molecular complexity index is 1250. The molecule has 0 saturated heterocycles. The van der Waals surface area contributed by atoms with Crippen LogP contribution < -0.4 is 22.1 Å². The first-order valence-corrected chi connectivity index (χ1v) is 10.2. The minimum absolute atomic E-state index is 0.0431. The van der Waals surface area contributed by atoms with E-state index in [1.54, 1.807) is 12.2 Å². The van der Waals surface area contributed by atoms with Gasteiger partial charge in [0.2, 0.25) is 6.41 Å². The predicted molar refractivity (Wildman–Crippen MR) is 127 cm³/mol. The number of carbonyl (C=O) groups is 2. The van der Waals surface area contributed by atoms with Crippen molar-refractivity contribution < 1.29 is 31.5 Å². The lowest BCUT2D eigenvalue weighted by Crippen LogP contribution is -2.34. The van der Waals surface area contributed by atoms with E-state index in [9.17, 15) is 31.5 Å². The molecule has 0 heterocycles. The first-order valence-electron chi connectivity index (χ1n) is 10.2. The van der Waals surface area contributed by atoms with Gasteiger partial charge in [-0.2, -0.15) is 18.2 Å². The Morgan fingerprint density at radius 2 is 1.94 bits per heavy atom. The largest absolute Gasteiger partial charge is 0.415 e. The van der Waals surface area contributed by atoms with Crippen molar-refractivity contribution in [2.24, 2.45) is 10.7 Å². The molecule has 12 heteroatoms. The van der Waals surface area contributed by atoms with Gasteiger partial charge in [-0.05, 0) is 36.8 Å². The van der Waals surface area contributed by atoms with Crippen LogP contribution in [0.1, 0.15) is 24.5 Å². The average Bonchev–Trinajstić information content (AvgIpc) is 3.04. The number of halogens is 5. The summed E-state index contributed by atoms with van der Waals surface area (Å²) in [6.45, 7) is 4.07. The van der Waals surface area contributed by atoms with Gasteiger partial charge in [0.1, 0.15) is 11.7 Å². The Kier molecular flexibility index (Phi) is 9.08. The standard InChI is InChI=1S/C24H22F5N5O2/c1-3-18(25)19(11-13(2)24(27,28)29)34-23(36)33-15-6-4-5-14(7-8-15)16-9-10-17(21(30)20(16)26)22(31)32-12-35/h3-5,7-12H,2,6,30H2,1H3,(H2,31,32,35)(H2,33,34,36)/b18-3+,19-11+. The Labute approximate surface area is 203 Å². The SMILES string of the molecule is C=C(/C=C(NC(=O)NC1=CC=C(c2ccc(C(N)=NC=O)c(N)c2F)C=CC1)\C(F)=C/C)C(F)(F)F. The summed E-state index contributed by atoms with van der Waals surface area (Å²) in [4.78, 5) is 26.2. The van der Waals surface area contributed by atoms with Crippen molar-refractivity contribution in [2.75, 3.05) is 5.73 Å². The zero-order valence-electron chi connectivity index (χ0n) is 18.9. The molecule has 2 rings (SSSR count). The molecule has 1 aromatic rings. The molecule has 7 nitrogen and oxygen atoms in total. The Hall–Kier alpha value is -4.48. The number of allylic oxidation sites excluding steroid dienone is 9. The number of hydrogen-bond donors (Lipinski definition) is 4. The van der Waals surface area contributed by atoms with E-state index in [-0.39, 0.29) is 41.2 Å². The van der Waals surface area contributed by atoms with Gasteiger partial charge < -0.3 is 22.1 Å². The highest BCUT2D eigenvalue weighted by molar-refractivity contribution is 6.05. The third kappa shape index (κ3) is 7.01. The normalized spacial score (nSPS) is 15.0. The number of nitrogens with two attached hydrogens (primary N) is 2. The summed E-state index contributed by atoms with van der Waals surface area (Å²) >= 11 is 0. The lowest BCUT2D eigenvalue weighted by molar-refractivity contribution is -0.106. The first kappa shape index (κ1) is 27.8. The predicted octanol–water partition coefficient (Wildman–Crippen LogP) is 4.67. The van der Waals surface area contributed by atoms with Gasteiger partial charge in [0, 0.05) is 23.2 Å². The Balaban J connectivity index is 2.26. The van der Waals surface area contributed by atoms with Crippen molar-refractivity contribution in [3.05, 3.63) is 94.9 Å². The number of aliphatic imine (C=N–C) groups is 1. The van der Waals surface area contributed by atoms with Gasteiger partial charge >= 0.3 is 12.2 Å². The van der Waals surface area contributed by atoms with Crippen LogP contribution in [0, 0.1) is 5.82 Å². The summed E-state index contributed by atoms with van der Waals surface area (Å²) in [5.41, 5.74) is 9.78. The maximum absolute atomic E-state index is 14.9. The lowest BCUT2D eigenvalue weighted by atomic mass is 10.0. The molecule has 0 radical (unpaired) electrons. The highest BCUT2D eigenvalue weighted by Crippen LogP contribution is 2.29. The number of amidine groups is 1. The molecule has 3 amide bonds. The second-order valence-electron chi connectivity index (χ2n) is 7.23. The van der Waals surface area contributed by atoms with Gasteiger partial charge in [-0.25, -0.2) is 13.6 Å². The van der Waals surface area contributed by atoms with Gasteiger partial charge in [0.15, 0.2) is 5.82 Å². The van der Waals surface area contributed by atoms with E-state index < -0.39 is 35.1 Å². The van der Waals surface area contributed by atoms with Gasteiger partial charge in [-0.1, -0.05) is 30.9 Å². The second-order valence-corrected chi connectivity index (χ2v) is 7.23. The number of hydrogen-bond acceptors (Lipinski definition) is 3. The van der Waals surface area contributed by atoms with Gasteiger partial charge in [-0.3, -0.25) is 4.79 Å². The van der Waals surface area contributed by atoms with Crippen molar-refractivity contribution in [2.45, 2.75) is 19.5 Å². The minimum Gasteiger partial charge on any atom is -0.396 e. The molecule has 0 fully saturated rings. The Morgan fingerprint density at radius 1 is 1.25 bits per heavy atom. The van der Waals surface area contributed by atoms with Gasteiger partial charge in [-0.15, -0.1) is 0 Å². The summed E-state index contributed by atoms with van der Waals surface area (Å²) < 4.78 is 67.2. The highest BCUT2D eigenvalue weighted by Gasteiger charge is 2.31. The minimum atomic E-state index is -4.81. The average molecular weight is 507 g/mol. The lowest BCUT2D eigenvalue weighted by Gasteiger charge is -2.13. The molecule has 0 aromatic heterocycles. The molecular formula is C24H22F5N5O2. The number of nitrogens with zero attached hydrogens (tertiary/aromatic N) is 1. The fraction of sp³-hybridized carbons (Fsp3) is 0.125. The third-order valence-corrected chi connectivity index (χ3v) is 4.77. The summed E-state index contributed by atoms with van der Waals surface area (Å²) in [6.07, 6.45) is 2.84. The van der Waals surface area contributed by atoms with Crippen molar-refractivity contribution in [1.82, 2.24) is 10.6 Å². The molecule has 0 spiro atoms. The third-order valence-electron chi connectivity index (χ3n) is 4.77. The molecule has 0 bridgehead atoms. The van der Waals surface area contributed by atoms with Crippen LogP contribution in [0.5, 0.6) is 0 Å². The number of rotatable bonds is 7. The van der Waals surface area contributed by atoms with Crippen LogP contribution in [0.25, 0.3) is 5.57 Å². The van der Waals surface area contributed by atoms with Crippen LogP contribution in [0.15, 0.2) is 83.0 Å². The van der Waals surface area contributed by atoms with E-state index in [0.717, 1.165) is 6.08 Å². The molecular weight excluding hydrogens is 485 g/mol. The number of urea groups is 1. The fourth-order valence-corrected chi connectivity index (χ4v) is 2.94. The van der Waals surface area contributed by atoms with E-state index in [1.807, 2.05) is 5.32 Å². The molecule has 1 aromatic carbocycles. The van der Waals surface area contributed by atoms with Crippen LogP contribution in [-0.4, -0.2) is 24.5 Å². The van der Waals surface area contributed by atoms with E-state index in [1.165, 1.54) is 31.2 Å². The molecule has 1 aliphatic carbocycles. The number of alkyl halides is 3. The topological polar surface area (TPSA) is 123 Å². The molecule has 0 saturated carbocycles. The number of nitrogens with one attached hydrogen (secondary N) is 2. The number of carbonyl (C=O) groups excluding carboxylic acids is 2. The molecule has 6 N–H and O–H groups in total. The smallest absolute Gasteiger partial charge is 0.396 e. The van der Waals surface area contributed by atoms with Crippen molar-refractivity contribution >= 4 is 29.5 Å². The number of nitrogen functional groups attached to an aromatic ring is 1. The molecule has 0 unspecified atom stereocenters. The van der Waals surface area contributed by atoms with Crippen LogP contribution in [0.2, 0.25) is 0 Å². The zero-order valence-corrected chi connectivity index (χ0v) is 18.9. The fourth-order valence-electron chi connectivity index (χ4n) is 2.94. The van der Waals surface area contributed by atoms with Crippen molar-refractivity contribution in [1.29, 1.82) is 0 Å². The molecule has 190 valence electrons. The summed E-state index contributed by atoms with van der Waals surface area (Å²) in [5.74, 6) is -2.16. The van der Waals surface area contributed by atoms with E-state index in [4.69, 9.17) is 11.5 Å². The molecule has 0 atom stereocenters. The molecule has 1 aliphatic rings. The summed E-state index contributed by atoms with van der Waals surface area (Å²) in [6, 6.07) is 1.77. The number of amides is 3. The molecule has 0 aliphatic heterocycles. The zero-order chi connectivity index (χ0) is 27.0. The monoisotopic (exact) mass is 507 g/mol. The van der Waals surface area contributed by atoms with E-state index >= 15 is 0 Å². The second kappa shape index (κ2) is 11.8. The van der Waals surface area contributed by atoms with E-state index in [0.29, 0.717) is 11.6 Å². The van der Waals surface area contributed by atoms with Gasteiger partial charge in [0.25, 0.3) is 0 Å². The number of benzene rings is 1. The van der Waals surface area contributed by atoms with Crippen LogP contribution >= 0.6 is 0 Å². The van der Waals surface area contributed by atoms with Crippen molar-refractivity contribution in [3.63, 3.8) is 0 Å². The summed E-state index contributed by atoms with van der Waals surface area (Å²) in [5, 5.41) is 4.42. The maximum atomic E-state index is 14.9. The quantitative estimate of drug-likeness (QED) is 0.107. The summed E-state index contributed by atoms with van der Waals surface area (Å²) in [7, 11) is 0. The highest BCUT2D eigenvalue weighted by atomic mass is 19.4. The maximum Gasteiger partial charge on any atom is 0.415 e. The van der Waals surface area contributed by atoms with E-state index in [2.05, 4.69) is 16.9 Å². The van der Waals surface area contributed by atoms with Crippen molar-refractivity contribution in [3.8, 4) is 0 Å². The van der Waals surface area contributed by atoms with Crippen LogP contribution in [-0.2, 0) is 4.79 Å². The van der Waals surface area contributed by atoms with Crippen LogP contribution in [0.3, 0.4) is 0 Å². The van der Waals surface area contributed by atoms with Crippen LogP contribution in [0.4, 0.5) is 32.4 Å². The Morgan fingerprint density at radius 3 is 2.56 bits per heavy atom. The number of anilines is 1. The molecule has 36 heavy (non-hydrogen) atoms.